The molecular formula is C17H23N3S. The number of piperidine rings is 1. The molecule has 0 spiro atoms. The first kappa shape index (κ1) is 14.5. The predicted molar refractivity (Wildman–Crippen MR) is 89.3 cm³/mol. The number of nitrogen functional groups attached to an aromatic ring is 1. The molecule has 1 atom stereocenters. The second kappa shape index (κ2) is 7.05. The van der Waals surface area contributed by atoms with Crippen molar-refractivity contribution in [3.05, 3.63) is 47.0 Å². The van der Waals surface area contributed by atoms with Crippen molar-refractivity contribution >= 4 is 16.5 Å². The minimum atomic E-state index is 0.683. The Hall–Kier alpha value is -1.39. The summed E-state index contributed by atoms with van der Waals surface area (Å²) < 4.78 is 0. The summed E-state index contributed by atoms with van der Waals surface area (Å²) in [5.41, 5.74) is 7.19. The van der Waals surface area contributed by atoms with E-state index >= 15 is 0 Å². The maximum atomic E-state index is 5.74. The van der Waals surface area contributed by atoms with Crippen LogP contribution in [0.2, 0.25) is 0 Å². The summed E-state index contributed by atoms with van der Waals surface area (Å²) in [6.45, 7) is 2.21. The number of anilines is 1. The third-order valence-corrected chi connectivity index (χ3v) is 5.10. The van der Waals surface area contributed by atoms with E-state index in [2.05, 4.69) is 40.2 Å². The molecule has 0 saturated carbocycles. The van der Waals surface area contributed by atoms with E-state index in [-0.39, 0.29) is 0 Å². The van der Waals surface area contributed by atoms with Gasteiger partial charge in [-0.2, -0.15) is 0 Å². The average Bonchev–Trinajstić information content (AvgIpc) is 2.93. The fourth-order valence-electron chi connectivity index (χ4n) is 3.17. The van der Waals surface area contributed by atoms with E-state index in [0.717, 1.165) is 6.54 Å². The fraction of sp³-hybridized carbons (Fsp3) is 0.471. The normalized spacial score (nSPS) is 19.7. The molecule has 1 aromatic heterocycles. The van der Waals surface area contributed by atoms with Gasteiger partial charge < -0.3 is 5.73 Å². The van der Waals surface area contributed by atoms with Crippen molar-refractivity contribution in [2.45, 2.75) is 44.7 Å². The van der Waals surface area contributed by atoms with Crippen LogP contribution >= 0.6 is 11.3 Å². The Morgan fingerprint density at radius 3 is 2.86 bits per heavy atom. The second-order valence-electron chi connectivity index (χ2n) is 5.81. The number of benzene rings is 1. The largest absolute Gasteiger partial charge is 0.375 e. The molecule has 3 rings (SSSR count). The SMILES string of the molecule is Nc1ncc(CN2CCCCC2CCc2ccccc2)s1. The number of aryl methyl sites for hydroxylation is 1. The summed E-state index contributed by atoms with van der Waals surface area (Å²) in [5, 5.41) is 0.683. The average molecular weight is 301 g/mol. The third-order valence-electron chi connectivity index (χ3n) is 4.29. The monoisotopic (exact) mass is 301 g/mol. The lowest BCUT2D eigenvalue weighted by molar-refractivity contribution is 0.133. The van der Waals surface area contributed by atoms with Crippen LogP contribution in [-0.2, 0) is 13.0 Å². The number of nitrogens with two attached hydrogens (primary N) is 1. The van der Waals surface area contributed by atoms with Crippen LogP contribution in [0, 0.1) is 0 Å². The Morgan fingerprint density at radius 2 is 2.10 bits per heavy atom. The standard InChI is InChI=1S/C17H23N3S/c18-17-19-12-16(21-17)13-20-11-5-4-8-15(20)10-9-14-6-2-1-3-7-14/h1-3,6-7,12,15H,4-5,8-11,13H2,(H2,18,19). The molecule has 1 saturated heterocycles. The van der Waals surface area contributed by atoms with Crippen molar-refractivity contribution in [2.75, 3.05) is 12.3 Å². The Bertz CT molecular complexity index is 552. The number of nitrogens with zero attached hydrogens (tertiary/aromatic N) is 2. The van der Waals surface area contributed by atoms with Crippen molar-refractivity contribution in [3.63, 3.8) is 0 Å². The zero-order chi connectivity index (χ0) is 14.5. The number of aromatic nitrogens is 1. The zero-order valence-corrected chi connectivity index (χ0v) is 13.2. The molecule has 1 aliphatic rings. The van der Waals surface area contributed by atoms with Crippen LogP contribution < -0.4 is 5.73 Å². The Morgan fingerprint density at radius 1 is 1.24 bits per heavy atom. The lowest BCUT2D eigenvalue weighted by atomic mass is 9.96. The van der Waals surface area contributed by atoms with Gasteiger partial charge in [0.25, 0.3) is 0 Å². The van der Waals surface area contributed by atoms with Crippen molar-refractivity contribution in [1.29, 1.82) is 0 Å². The van der Waals surface area contributed by atoms with Gasteiger partial charge in [-0.15, -0.1) is 11.3 Å². The number of rotatable bonds is 5. The summed E-state index contributed by atoms with van der Waals surface area (Å²) in [6.07, 6.45) is 8.35. The molecular weight excluding hydrogens is 278 g/mol. The number of hydrogen-bond acceptors (Lipinski definition) is 4. The first-order valence-electron chi connectivity index (χ1n) is 7.79. The van der Waals surface area contributed by atoms with E-state index in [1.807, 2.05) is 6.20 Å². The molecule has 21 heavy (non-hydrogen) atoms. The molecule has 2 aromatic rings. The number of hydrogen-bond donors (Lipinski definition) is 1. The first-order valence-corrected chi connectivity index (χ1v) is 8.61. The number of thiazole rings is 1. The maximum absolute atomic E-state index is 5.74. The highest BCUT2D eigenvalue weighted by Crippen LogP contribution is 2.25. The quantitative estimate of drug-likeness (QED) is 0.915. The minimum Gasteiger partial charge on any atom is -0.375 e. The first-order chi connectivity index (χ1) is 10.3. The molecule has 1 fully saturated rings. The van der Waals surface area contributed by atoms with Crippen LogP contribution in [0.4, 0.5) is 5.13 Å². The van der Waals surface area contributed by atoms with Crippen LogP contribution in [0.5, 0.6) is 0 Å². The molecule has 0 amide bonds. The van der Waals surface area contributed by atoms with Gasteiger partial charge in [0.2, 0.25) is 0 Å². The molecule has 4 heteroatoms. The van der Waals surface area contributed by atoms with Crippen molar-refractivity contribution in [3.8, 4) is 0 Å². The van der Waals surface area contributed by atoms with Gasteiger partial charge in [0.1, 0.15) is 0 Å². The van der Waals surface area contributed by atoms with E-state index in [1.54, 1.807) is 11.3 Å². The van der Waals surface area contributed by atoms with Gasteiger partial charge >= 0.3 is 0 Å². The zero-order valence-electron chi connectivity index (χ0n) is 12.4. The molecule has 112 valence electrons. The predicted octanol–water partition coefficient (Wildman–Crippen LogP) is 3.71. The van der Waals surface area contributed by atoms with Crippen molar-refractivity contribution in [1.82, 2.24) is 9.88 Å². The van der Waals surface area contributed by atoms with Gasteiger partial charge in [-0.1, -0.05) is 36.8 Å². The molecule has 1 unspecified atom stereocenters. The van der Waals surface area contributed by atoms with E-state index in [0.29, 0.717) is 11.2 Å². The summed E-state index contributed by atoms with van der Waals surface area (Å²) in [6, 6.07) is 11.5. The van der Waals surface area contributed by atoms with E-state index < -0.39 is 0 Å². The molecule has 3 nitrogen and oxygen atoms in total. The van der Waals surface area contributed by atoms with E-state index in [9.17, 15) is 0 Å². The van der Waals surface area contributed by atoms with Crippen molar-refractivity contribution in [2.24, 2.45) is 0 Å². The summed E-state index contributed by atoms with van der Waals surface area (Å²) >= 11 is 1.62. The van der Waals surface area contributed by atoms with Crippen molar-refractivity contribution < 1.29 is 0 Å². The van der Waals surface area contributed by atoms with Gasteiger partial charge in [-0.25, -0.2) is 4.98 Å². The summed E-state index contributed by atoms with van der Waals surface area (Å²) in [5.74, 6) is 0. The third kappa shape index (κ3) is 4.05. The Labute approximate surface area is 130 Å². The van der Waals surface area contributed by atoms with Gasteiger partial charge in [-0.05, 0) is 37.8 Å². The molecule has 0 aliphatic carbocycles. The van der Waals surface area contributed by atoms with Crippen LogP contribution in [0.3, 0.4) is 0 Å². The molecule has 2 heterocycles. The van der Waals surface area contributed by atoms with E-state index in [4.69, 9.17) is 5.73 Å². The molecule has 0 radical (unpaired) electrons. The lowest BCUT2D eigenvalue weighted by Crippen LogP contribution is -2.39. The lowest BCUT2D eigenvalue weighted by Gasteiger charge is -2.35. The smallest absolute Gasteiger partial charge is 0.180 e. The Kier molecular flexibility index (Phi) is 4.88. The summed E-state index contributed by atoms with van der Waals surface area (Å²) in [7, 11) is 0. The minimum absolute atomic E-state index is 0.683. The van der Waals surface area contributed by atoms with Gasteiger partial charge in [0, 0.05) is 23.7 Å². The summed E-state index contributed by atoms with van der Waals surface area (Å²) in [4.78, 5) is 8.09. The van der Waals surface area contributed by atoms with Gasteiger partial charge in [0.15, 0.2) is 5.13 Å². The highest BCUT2D eigenvalue weighted by molar-refractivity contribution is 7.15. The highest BCUT2D eigenvalue weighted by atomic mass is 32.1. The van der Waals surface area contributed by atoms with Gasteiger partial charge in [0.05, 0.1) is 0 Å². The molecule has 0 bridgehead atoms. The van der Waals surface area contributed by atoms with Crippen LogP contribution in [-0.4, -0.2) is 22.5 Å². The Balaban J connectivity index is 1.59. The molecule has 1 aromatic carbocycles. The van der Waals surface area contributed by atoms with Gasteiger partial charge in [-0.3, -0.25) is 4.90 Å². The van der Waals surface area contributed by atoms with Crippen LogP contribution in [0.25, 0.3) is 0 Å². The fourth-order valence-corrected chi connectivity index (χ4v) is 3.88. The van der Waals surface area contributed by atoms with Crippen LogP contribution in [0.15, 0.2) is 36.5 Å². The number of likely N-dealkylation sites (tertiary alicyclic amines) is 1. The van der Waals surface area contributed by atoms with Crippen LogP contribution in [0.1, 0.15) is 36.1 Å². The molecule has 1 aliphatic heterocycles. The maximum Gasteiger partial charge on any atom is 0.180 e. The van der Waals surface area contributed by atoms with E-state index in [1.165, 1.54) is 49.1 Å². The topological polar surface area (TPSA) is 42.1 Å². The highest BCUT2D eigenvalue weighted by Gasteiger charge is 2.22. The second-order valence-corrected chi connectivity index (χ2v) is 6.96. The molecule has 2 N–H and O–H groups in total.